The number of carboxylic acids is 1. The monoisotopic (exact) mass is 316 g/mol. The van der Waals surface area contributed by atoms with Gasteiger partial charge in [0, 0.05) is 15.5 Å². The Balaban J connectivity index is 3.51. The molecule has 5 heteroatoms. The van der Waals surface area contributed by atoms with Crippen LogP contribution in [0.1, 0.15) is 31.4 Å². The van der Waals surface area contributed by atoms with Gasteiger partial charge in [-0.25, -0.2) is 0 Å². The van der Waals surface area contributed by atoms with E-state index in [2.05, 4.69) is 15.9 Å². The standard InChI is InChI=1S/C13H17BrO4/c1-7-8(14)5-9(15)12(18-4)11(7)13(2,3)6-10(16)17/h5,15H,6H2,1-4H3,(H,16,17). The van der Waals surface area contributed by atoms with Gasteiger partial charge in [0.25, 0.3) is 0 Å². The first-order valence-electron chi connectivity index (χ1n) is 5.49. The maximum Gasteiger partial charge on any atom is 0.304 e. The minimum absolute atomic E-state index is 0.00318. The van der Waals surface area contributed by atoms with E-state index in [4.69, 9.17) is 9.84 Å². The molecule has 0 aliphatic carbocycles. The summed E-state index contributed by atoms with van der Waals surface area (Å²) in [6, 6.07) is 1.55. The molecule has 0 fully saturated rings. The number of aliphatic carboxylic acids is 1. The molecule has 1 aromatic rings. The molecule has 0 spiro atoms. The zero-order valence-electron chi connectivity index (χ0n) is 10.9. The van der Waals surface area contributed by atoms with Gasteiger partial charge in [0.1, 0.15) is 0 Å². The average Bonchev–Trinajstić information content (AvgIpc) is 2.20. The number of phenolic OH excluding ortho intramolecular Hbond substituents is 1. The predicted octanol–water partition coefficient (Wildman–Crippen LogP) is 3.22. The van der Waals surface area contributed by atoms with Crippen molar-refractivity contribution >= 4 is 21.9 Å². The normalized spacial score (nSPS) is 11.4. The summed E-state index contributed by atoms with van der Waals surface area (Å²) in [7, 11) is 1.46. The Bertz CT molecular complexity index is 480. The number of methoxy groups -OCH3 is 1. The number of aromatic hydroxyl groups is 1. The second kappa shape index (κ2) is 5.18. The van der Waals surface area contributed by atoms with Crippen LogP contribution in [0.15, 0.2) is 10.5 Å². The highest BCUT2D eigenvalue weighted by Crippen LogP contribution is 2.44. The van der Waals surface area contributed by atoms with E-state index in [1.54, 1.807) is 6.07 Å². The van der Waals surface area contributed by atoms with Crippen molar-refractivity contribution in [1.29, 1.82) is 0 Å². The summed E-state index contributed by atoms with van der Waals surface area (Å²) >= 11 is 3.36. The molecule has 0 unspecified atom stereocenters. The summed E-state index contributed by atoms with van der Waals surface area (Å²) in [6.07, 6.45) is -0.0416. The average molecular weight is 317 g/mol. The van der Waals surface area contributed by atoms with Crippen LogP contribution in [-0.2, 0) is 10.2 Å². The maximum atomic E-state index is 11.0. The van der Waals surface area contributed by atoms with Crippen molar-refractivity contribution in [3.63, 3.8) is 0 Å². The van der Waals surface area contributed by atoms with Gasteiger partial charge in [-0.15, -0.1) is 0 Å². The van der Waals surface area contributed by atoms with E-state index >= 15 is 0 Å². The first-order chi connectivity index (χ1) is 8.20. The van der Waals surface area contributed by atoms with Crippen LogP contribution in [0.25, 0.3) is 0 Å². The van der Waals surface area contributed by atoms with Gasteiger partial charge in [0.05, 0.1) is 13.5 Å². The summed E-state index contributed by atoms with van der Waals surface area (Å²) in [5.74, 6) is -0.550. The molecule has 0 radical (unpaired) electrons. The van der Waals surface area contributed by atoms with E-state index in [9.17, 15) is 9.90 Å². The van der Waals surface area contributed by atoms with Crippen LogP contribution in [0.5, 0.6) is 11.5 Å². The Labute approximate surface area is 115 Å². The van der Waals surface area contributed by atoms with Crippen LogP contribution in [0, 0.1) is 6.92 Å². The lowest BCUT2D eigenvalue weighted by Crippen LogP contribution is -2.24. The van der Waals surface area contributed by atoms with Gasteiger partial charge < -0.3 is 14.9 Å². The molecule has 18 heavy (non-hydrogen) atoms. The van der Waals surface area contributed by atoms with Gasteiger partial charge in [0.15, 0.2) is 11.5 Å². The van der Waals surface area contributed by atoms with Crippen LogP contribution in [0.3, 0.4) is 0 Å². The number of hydrogen-bond donors (Lipinski definition) is 2. The lowest BCUT2D eigenvalue weighted by molar-refractivity contribution is -0.138. The lowest BCUT2D eigenvalue weighted by atomic mass is 9.78. The number of rotatable bonds is 4. The molecule has 0 heterocycles. The third-order valence-corrected chi connectivity index (χ3v) is 3.75. The fraction of sp³-hybridized carbons (Fsp3) is 0.462. The molecular formula is C13H17BrO4. The molecule has 1 rings (SSSR count). The van der Waals surface area contributed by atoms with Gasteiger partial charge in [-0.05, 0) is 18.6 Å². The number of halogens is 1. The molecular weight excluding hydrogens is 300 g/mol. The van der Waals surface area contributed by atoms with Gasteiger partial charge in [-0.1, -0.05) is 29.8 Å². The second-order valence-electron chi connectivity index (χ2n) is 4.87. The summed E-state index contributed by atoms with van der Waals surface area (Å²) < 4.78 is 5.95. The number of carbonyl (C=O) groups is 1. The van der Waals surface area contributed by atoms with Crippen molar-refractivity contribution in [3.05, 3.63) is 21.7 Å². The number of phenols is 1. The molecule has 0 aromatic heterocycles. The third-order valence-electron chi connectivity index (χ3n) is 2.93. The second-order valence-corrected chi connectivity index (χ2v) is 5.72. The Hall–Kier alpha value is -1.23. The summed E-state index contributed by atoms with van der Waals surface area (Å²) in [5, 5.41) is 18.9. The Morgan fingerprint density at radius 1 is 1.50 bits per heavy atom. The number of ether oxygens (including phenoxy) is 1. The third kappa shape index (κ3) is 2.77. The van der Waals surface area contributed by atoms with Crippen LogP contribution in [0.2, 0.25) is 0 Å². The Morgan fingerprint density at radius 3 is 2.50 bits per heavy atom. The Kier molecular flexibility index (Phi) is 4.27. The highest BCUT2D eigenvalue weighted by Gasteiger charge is 2.31. The van der Waals surface area contributed by atoms with Crippen LogP contribution in [-0.4, -0.2) is 23.3 Å². The summed E-state index contributed by atoms with van der Waals surface area (Å²) in [5.41, 5.74) is 0.942. The van der Waals surface area contributed by atoms with Crippen molar-refractivity contribution in [2.45, 2.75) is 32.6 Å². The maximum absolute atomic E-state index is 11.0. The van der Waals surface area contributed by atoms with Crippen molar-refractivity contribution < 1.29 is 19.7 Å². The summed E-state index contributed by atoms with van der Waals surface area (Å²) in [4.78, 5) is 11.0. The van der Waals surface area contributed by atoms with E-state index < -0.39 is 11.4 Å². The van der Waals surface area contributed by atoms with E-state index in [0.29, 0.717) is 11.3 Å². The molecule has 2 N–H and O–H groups in total. The van der Waals surface area contributed by atoms with Crippen molar-refractivity contribution in [2.75, 3.05) is 7.11 Å². The van der Waals surface area contributed by atoms with Crippen LogP contribution < -0.4 is 4.74 Å². The number of hydrogen-bond acceptors (Lipinski definition) is 3. The van der Waals surface area contributed by atoms with Gasteiger partial charge >= 0.3 is 5.97 Å². The first-order valence-corrected chi connectivity index (χ1v) is 6.28. The summed E-state index contributed by atoms with van der Waals surface area (Å²) in [6.45, 7) is 5.50. The first kappa shape index (κ1) is 14.8. The zero-order valence-corrected chi connectivity index (χ0v) is 12.5. The molecule has 0 bridgehead atoms. The fourth-order valence-corrected chi connectivity index (χ4v) is 2.61. The number of carboxylic acid groups (broad SMARTS) is 1. The smallest absolute Gasteiger partial charge is 0.304 e. The highest BCUT2D eigenvalue weighted by molar-refractivity contribution is 9.10. The van der Waals surface area contributed by atoms with Gasteiger partial charge in [-0.3, -0.25) is 4.79 Å². The lowest BCUT2D eigenvalue weighted by Gasteiger charge is -2.28. The number of benzene rings is 1. The largest absolute Gasteiger partial charge is 0.504 e. The van der Waals surface area contributed by atoms with Crippen molar-refractivity contribution in [3.8, 4) is 11.5 Å². The van der Waals surface area contributed by atoms with Gasteiger partial charge in [0.2, 0.25) is 0 Å². The molecule has 0 atom stereocenters. The Morgan fingerprint density at radius 2 is 2.06 bits per heavy atom. The SMILES string of the molecule is COc1c(O)cc(Br)c(C)c1C(C)(C)CC(=O)O. The van der Waals surface area contributed by atoms with Gasteiger partial charge in [-0.2, -0.15) is 0 Å². The molecule has 0 aliphatic heterocycles. The van der Waals surface area contributed by atoms with E-state index in [1.165, 1.54) is 7.11 Å². The van der Waals surface area contributed by atoms with Crippen LogP contribution >= 0.6 is 15.9 Å². The van der Waals surface area contributed by atoms with E-state index in [0.717, 1.165) is 10.0 Å². The van der Waals surface area contributed by atoms with Crippen LogP contribution in [0.4, 0.5) is 0 Å². The molecule has 0 saturated carbocycles. The predicted molar refractivity (Wildman–Crippen MR) is 72.4 cm³/mol. The molecule has 1 aromatic carbocycles. The molecule has 4 nitrogen and oxygen atoms in total. The molecule has 0 saturated heterocycles. The molecule has 100 valence electrons. The topological polar surface area (TPSA) is 66.8 Å². The van der Waals surface area contributed by atoms with E-state index in [-0.39, 0.29) is 12.2 Å². The van der Waals surface area contributed by atoms with Crippen molar-refractivity contribution in [2.24, 2.45) is 0 Å². The molecule has 0 aliphatic rings. The zero-order chi connectivity index (χ0) is 14.1. The fourth-order valence-electron chi connectivity index (χ4n) is 2.20. The minimum Gasteiger partial charge on any atom is -0.504 e. The molecule has 0 amide bonds. The van der Waals surface area contributed by atoms with Crippen molar-refractivity contribution in [1.82, 2.24) is 0 Å². The highest BCUT2D eigenvalue weighted by atomic mass is 79.9. The minimum atomic E-state index is -0.888. The quantitative estimate of drug-likeness (QED) is 0.895. The van der Waals surface area contributed by atoms with E-state index in [1.807, 2.05) is 20.8 Å².